The van der Waals surface area contributed by atoms with Crippen molar-refractivity contribution in [3.63, 3.8) is 0 Å². The molecule has 126 valence electrons. The van der Waals surface area contributed by atoms with Gasteiger partial charge in [0.1, 0.15) is 11.8 Å². The summed E-state index contributed by atoms with van der Waals surface area (Å²) in [6.45, 7) is 6.46. The number of aliphatic hydroxyl groups is 1. The van der Waals surface area contributed by atoms with Crippen LogP contribution in [0.4, 0.5) is 0 Å². The van der Waals surface area contributed by atoms with Gasteiger partial charge in [-0.3, -0.25) is 9.59 Å². The molecule has 0 saturated carbocycles. The van der Waals surface area contributed by atoms with E-state index in [9.17, 15) is 14.7 Å². The van der Waals surface area contributed by atoms with E-state index < -0.39 is 17.7 Å². The van der Waals surface area contributed by atoms with E-state index in [0.29, 0.717) is 18.7 Å². The van der Waals surface area contributed by atoms with Gasteiger partial charge in [-0.1, -0.05) is 33.6 Å². The molecule has 2 heterocycles. The van der Waals surface area contributed by atoms with Gasteiger partial charge < -0.3 is 14.4 Å². The first-order chi connectivity index (χ1) is 11.0. The maximum Gasteiger partial charge on any atom is 0.290 e. The van der Waals surface area contributed by atoms with Crippen molar-refractivity contribution in [2.24, 2.45) is 5.92 Å². The van der Waals surface area contributed by atoms with Crippen molar-refractivity contribution < 1.29 is 19.1 Å². The van der Waals surface area contributed by atoms with Crippen LogP contribution in [0.25, 0.3) is 0 Å². The van der Waals surface area contributed by atoms with Crippen LogP contribution in [-0.4, -0.2) is 28.2 Å². The van der Waals surface area contributed by atoms with Crippen LogP contribution < -0.4 is 0 Å². The van der Waals surface area contributed by atoms with Crippen molar-refractivity contribution in [2.45, 2.75) is 52.5 Å². The van der Waals surface area contributed by atoms with E-state index in [0.717, 1.165) is 19.3 Å². The zero-order valence-corrected chi connectivity index (χ0v) is 14.0. The van der Waals surface area contributed by atoms with Gasteiger partial charge in [-0.15, -0.1) is 0 Å². The Bertz CT molecular complexity index is 586. The predicted octanol–water partition coefficient (Wildman–Crippen LogP) is 3.78. The number of aliphatic hydroxyl groups excluding tert-OH is 1. The SMILES string of the molecule is CCCCCN1C(=O)C(O)=C(C(=O)CC(C)C)C1c1ccco1. The Kier molecular flexibility index (Phi) is 5.64. The highest BCUT2D eigenvalue weighted by Crippen LogP contribution is 2.38. The molecule has 1 atom stereocenters. The zero-order valence-electron chi connectivity index (χ0n) is 14.0. The number of carbonyl (C=O) groups is 2. The molecule has 1 aromatic heterocycles. The van der Waals surface area contributed by atoms with Crippen LogP contribution in [-0.2, 0) is 9.59 Å². The third-order valence-corrected chi connectivity index (χ3v) is 4.01. The first-order valence-corrected chi connectivity index (χ1v) is 8.28. The Morgan fingerprint density at radius 3 is 2.70 bits per heavy atom. The number of nitrogens with zero attached hydrogens (tertiary/aromatic N) is 1. The van der Waals surface area contributed by atoms with Gasteiger partial charge in [0.2, 0.25) is 0 Å². The minimum absolute atomic E-state index is 0.157. The third kappa shape index (κ3) is 3.66. The van der Waals surface area contributed by atoms with Gasteiger partial charge in [-0.2, -0.15) is 0 Å². The molecule has 1 aliphatic rings. The number of carbonyl (C=O) groups excluding carboxylic acids is 2. The first-order valence-electron chi connectivity index (χ1n) is 8.28. The fraction of sp³-hybridized carbons (Fsp3) is 0.556. The molecule has 1 aliphatic heterocycles. The van der Waals surface area contributed by atoms with E-state index in [1.54, 1.807) is 17.0 Å². The second-order valence-corrected chi connectivity index (χ2v) is 6.41. The number of hydrogen-bond acceptors (Lipinski definition) is 4. The lowest BCUT2D eigenvalue weighted by molar-refractivity contribution is -0.129. The summed E-state index contributed by atoms with van der Waals surface area (Å²) in [6.07, 6.45) is 4.67. The van der Waals surface area contributed by atoms with Crippen molar-refractivity contribution >= 4 is 11.7 Å². The molecule has 5 nitrogen and oxygen atoms in total. The van der Waals surface area contributed by atoms with Crippen LogP contribution in [0.3, 0.4) is 0 Å². The molecule has 0 bridgehead atoms. The monoisotopic (exact) mass is 319 g/mol. The molecule has 1 amide bonds. The zero-order chi connectivity index (χ0) is 17.0. The van der Waals surface area contributed by atoms with Crippen LogP contribution in [0.2, 0.25) is 0 Å². The summed E-state index contributed by atoms with van der Waals surface area (Å²) in [4.78, 5) is 26.5. The van der Waals surface area contributed by atoms with Gasteiger partial charge in [-0.05, 0) is 24.5 Å². The number of ketones is 1. The van der Waals surface area contributed by atoms with Crippen molar-refractivity contribution in [1.29, 1.82) is 0 Å². The fourth-order valence-electron chi connectivity index (χ4n) is 2.92. The Hall–Kier alpha value is -2.04. The summed E-state index contributed by atoms with van der Waals surface area (Å²) in [5.74, 6) is -0.413. The van der Waals surface area contributed by atoms with Crippen LogP contribution >= 0.6 is 0 Å². The summed E-state index contributed by atoms with van der Waals surface area (Å²) in [5.41, 5.74) is 0.176. The van der Waals surface area contributed by atoms with Crippen molar-refractivity contribution in [2.75, 3.05) is 6.54 Å². The lowest BCUT2D eigenvalue weighted by atomic mass is 9.95. The summed E-state index contributed by atoms with van der Waals surface area (Å²) in [7, 11) is 0. The van der Waals surface area contributed by atoms with Crippen LogP contribution in [0, 0.1) is 5.92 Å². The van der Waals surface area contributed by atoms with E-state index in [-0.39, 0.29) is 17.3 Å². The minimum Gasteiger partial charge on any atom is -0.503 e. The second kappa shape index (κ2) is 7.49. The molecule has 5 heteroatoms. The number of Topliss-reactive ketones (excluding diaryl/α,β-unsaturated/α-hetero) is 1. The molecule has 1 N–H and O–H groups in total. The van der Waals surface area contributed by atoms with E-state index in [1.165, 1.54) is 6.26 Å². The summed E-state index contributed by atoms with van der Waals surface area (Å²) < 4.78 is 5.44. The molecule has 0 fully saturated rings. The van der Waals surface area contributed by atoms with Crippen LogP contribution in [0.5, 0.6) is 0 Å². The molecule has 0 saturated heterocycles. The van der Waals surface area contributed by atoms with E-state index in [1.807, 2.05) is 13.8 Å². The van der Waals surface area contributed by atoms with Gasteiger partial charge >= 0.3 is 0 Å². The highest BCUT2D eigenvalue weighted by molar-refractivity contribution is 6.08. The van der Waals surface area contributed by atoms with Gasteiger partial charge in [0, 0.05) is 13.0 Å². The number of unbranched alkanes of at least 4 members (excludes halogenated alkanes) is 2. The summed E-state index contributed by atoms with van der Waals surface area (Å²) in [6, 6.07) is 2.86. The highest BCUT2D eigenvalue weighted by atomic mass is 16.3. The Balaban J connectivity index is 2.33. The van der Waals surface area contributed by atoms with E-state index >= 15 is 0 Å². The number of rotatable bonds is 8. The lowest BCUT2D eigenvalue weighted by Crippen LogP contribution is -2.32. The second-order valence-electron chi connectivity index (χ2n) is 6.41. The van der Waals surface area contributed by atoms with Crippen molar-refractivity contribution in [1.82, 2.24) is 4.90 Å². The Morgan fingerprint density at radius 2 is 2.13 bits per heavy atom. The van der Waals surface area contributed by atoms with Crippen LogP contribution in [0.15, 0.2) is 34.1 Å². The largest absolute Gasteiger partial charge is 0.503 e. The smallest absolute Gasteiger partial charge is 0.290 e. The minimum atomic E-state index is -0.611. The molecule has 1 aromatic rings. The average Bonchev–Trinajstić information content (AvgIpc) is 3.08. The third-order valence-electron chi connectivity index (χ3n) is 4.01. The maximum absolute atomic E-state index is 12.6. The average molecular weight is 319 g/mol. The van der Waals surface area contributed by atoms with Gasteiger partial charge in [-0.25, -0.2) is 0 Å². The molecule has 23 heavy (non-hydrogen) atoms. The Labute approximate surface area is 137 Å². The normalized spacial score (nSPS) is 18.3. The number of furan rings is 1. The Morgan fingerprint density at radius 1 is 1.39 bits per heavy atom. The highest BCUT2D eigenvalue weighted by Gasteiger charge is 2.44. The topological polar surface area (TPSA) is 70.8 Å². The molecule has 0 spiro atoms. The molecule has 0 radical (unpaired) electrons. The fourth-order valence-corrected chi connectivity index (χ4v) is 2.92. The molecule has 0 aromatic carbocycles. The summed E-state index contributed by atoms with van der Waals surface area (Å²) >= 11 is 0. The molecular weight excluding hydrogens is 294 g/mol. The molecular formula is C18H25NO4. The van der Waals surface area contributed by atoms with Gasteiger partial charge in [0.15, 0.2) is 11.5 Å². The van der Waals surface area contributed by atoms with E-state index in [2.05, 4.69) is 6.92 Å². The van der Waals surface area contributed by atoms with Gasteiger partial charge in [0.05, 0.1) is 11.8 Å². The lowest BCUT2D eigenvalue weighted by Gasteiger charge is -2.25. The van der Waals surface area contributed by atoms with Crippen molar-refractivity contribution in [3.05, 3.63) is 35.5 Å². The quantitative estimate of drug-likeness (QED) is 0.740. The van der Waals surface area contributed by atoms with Gasteiger partial charge in [0.25, 0.3) is 5.91 Å². The molecule has 0 aliphatic carbocycles. The van der Waals surface area contributed by atoms with E-state index in [4.69, 9.17) is 4.42 Å². The van der Waals surface area contributed by atoms with Crippen LogP contribution in [0.1, 0.15) is 58.3 Å². The standard InChI is InChI=1S/C18H25NO4/c1-4-5-6-9-19-16(14-8-7-10-23-14)15(17(21)18(19)22)13(20)11-12(2)3/h7-8,10,12,16,21H,4-6,9,11H2,1-3H3. The van der Waals surface area contributed by atoms with Crippen molar-refractivity contribution in [3.8, 4) is 0 Å². The number of amides is 1. The predicted molar refractivity (Wildman–Crippen MR) is 86.8 cm³/mol. The first kappa shape index (κ1) is 17.3. The number of hydrogen-bond donors (Lipinski definition) is 1. The molecule has 2 rings (SSSR count). The summed E-state index contributed by atoms with van der Waals surface area (Å²) in [5, 5.41) is 10.3. The molecule has 1 unspecified atom stereocenters. The maximum atomic E-state index is 12.6.